The van der Waals surface area contributed by atoms with Gasteiger partial charge in [0.1, 0.15) is 0 Å². The van der Waals surface area contributed by atoms with Gasteiger partial charge in [-0.05, 0) is 25.0 Å². The van der Waals surface area contributed by atoms with Crippen LogP contribution in [0.25, 0.3) is 0 Å². The molecule has 78 valence electrons. The smallest absolute Gasteiger partial charge is 0.200 e. The minimum Gasteiger partial charge on any atom is -0.493 e. The zero-order valence-corrected chi connectivity index (χ0v) is 8.18. The number of ether oxygens (including phenoxy) is 1. The highest BCUT2D eigenvalue weighted by Crippen LogP contribution is 2.25. The van der Waals surface area contributed by atoms with Crippen molar-refractivity contribution in [1.29, 1.82) is 0 Å². The van der Waals surface area contributed by atoms with E-state index in [0.717, 1.165) is 6.07 Å². The molecule has 0 aromatic heterocycles. The molecule has 0 heterocycles. The quantitative estimate of drug-likeness (QED) is 0.810. The monoisotopic (exact) mass is 201 g/mol. The van der Waals surface area contributed by atoms with Crippen molar-refractivity contribution < 1.29 is 13.5 Å². The van der Waals surface area contributed by atoms with Crippen LogP contribution in [0, 0.1) is 11.6 Å². The fourth-order valence-electron chi connectivity index (χ4n) is 1.30. The average molecular weight is 201 g/mol. The van der Waals surface area contributed by atoms with Gasteiger partial charge >= 0.3 is 0 Å². The molecule has 0 bridgehead atoms. The first-order valence-corrected chi connectivity index (χ1v) is 4.32. The summed E-state index contributed by atoms with van der Waals surface area (Å²) in [5, 5.41) is 0. The lowest BCUT2D eigenvalue weighted by Crippen LogP contribution is -2.18. The molecule has 0 saturated carbocycles. The highest BCUT2D eigenvalue weighted by Gasteiger charge is 2.14. The molecule has 2 nitrogen and oxygen atoms in total. The molecule has 4 heteroatoms. The second-order valence-corrected chi connectivity index (χ2v) is 3.24. The predicted octanol–water partition coefficient (Wildman–Crippen LogP) is 1.86. The van der Waals surface area contributed by atoms with Crippen LogP contribution in [-0.4, -0.2) is 13.2 Å². The van der Waals surface area contributed by atoms with Crippen molar-refractivity contribution in [3.05, 3.63) is 29.3 Å². The lowest BCUT2D eigenvalue weighted by molar-refractivity contribution is 0.366. The molecule has 0 unspecified atom stereocenters. The van der Waals surface area contributed by atoms with E-state index in [2.05, 4.69) is 0 Å². The van der Waals surface area contributed by atoms with E-state index < -0.39 is 11.6 Å². The summed E-state index contributed by atoms with van der Waals surface area (Å²) in [6, 6.07) is 2.45. The summed E-state index contributed by atoms with van der Waals surface area (Å²) in [5.41, 5.74) is 6.15. The minimum absolute atomic E-state index is 0.0534. The maximum absolute atomic E-state index is 13.2. The average Bonchev–Trinajstić information content (AvgIpc) is 2.11. The third kappa shape index (κ3) is 2.20. The zero-order valence-electron chi connectivity index (χ0n) is 8.18. The van der Waals surface area contributed by atoms with Gasteiger partial charge in [0.2, 0.25) is 5.82 Å². The van der Waals surface area contributed by atoms with Crippen molar-refractivity contribution in [1.82, 2.24) is 0 Å². The summed E-state index contributed by atoms with van der Waals surface area (Å²) in [7, 11) is 1.31. The molecule has 14 heavy (non-hydrogen) atoms. The normalized spacial score (nSPS) is 12.6. The van der Waals surface area contributed by atoms with Gasteiger partial charge in [0, 0.05) is 6.04 Å². The van der Waals surface area contributed by atoms with Crippen LogP contribution in [0.1, 0.15) is 12.5 Å². The van der Waals surface area contributed by atoms with Gasteiger partial charge in [-0.2, -0.15) is 4.39 Å². The third-order valence-corrected chi connectivity index (χ3v) is 1.88. The first kappa shape index (κ1) is 10.9. The molecule has 0 aliphatic carbocycles. The highest BCUT2D eigenvalue weighted by atomic mass is 19.2. The fourth-order valence-corrected chi connectivity index (χ4v) is 1.30. The summed E-state index contributed by atoms with van der Waals surface area (Å²) < 4.78 is 30.8. The maximum Gasteiger partial charge on any atom is 0.200 e. The number of halogens is 2. The predicted molar refractivity (Wildman–Crippen MR) is 50.3 cm³/mol. The van der Waals surface area contributed by atoms with E-state index in [1.165, 1.54) is 13.2 Å². The van der Waals surface area contributed by atoms with Crippen molar-refractivity contribution in [2.45, 2.75) is 19.4 Å². The summed E-state index contributed by atoms with van der Waals surface area (Å²) in [4.78, 5) is 0. The van der Waals surface area contributed by atoms with Crippen LogP contribution < -0.4 is 10.5 Å². The van der Waals surface area contributed by atoms with Gasteiger partial charge in [-0.15, -0.1) is 0 Å². The van der Waals surface area contributed by atoms with E-state index in [4.69, 9.17) is 10.5 Å². The van der Waals surface area contributed by atoms with E-state index >= 15 is 0 Å². The van der Waals surface area contributed by atoms with Crippen molar-refractivity contribution in [2.75, 3.05) is 7.11 Å². The van der Waals surface area contributed by atoms with Gasteiger partial charge < -0.3 is 10.5 Å². The molecule has 0 fully saturated rings. The van der Waals surface area contributed by atoms with E-state index in [1.54, 1.807) is 6.92 Å². The summed E-state index contributed by atoms with van der Waals surface area (Å²) >= 11 is 0. The van der Waals surface area contributed by atoms with E-state index in [0.29, 0.717) is 12.0 Å². The molecule has 0 aliphatic heterocycles. The molecule has 1 atom stereocenters. The Hall–Kier alpha value is -1.16. The number of benzene rings is 1. The van der Waals surface area contributed by atoms with E-state index in [9.17, 15) is 8.78 Å². The molecule has 1 aromatic rings. The van der Waals surface area contributed by atoms with Crippen molar-refractivity contribution in [2.24, 2.45) is 5.73 Å². The molecular formula is C10H13F2NO. The molecular weight excluding hydrogens is 188 g/mol. The van der Waals surface area contributed by atoms with Gasteiger partial charge in [0.25, 0.3) is 0 Å². The molecule has 0 spiro atoms. The Kier molecular flexibility index (Phi) is 3.41. The second kappa shape index (κ2) is 4.37. The van der Waals surface area contributed by atoms with Crippen LogP contribution in [0.15, 0.2) is 12.1 Å². The molecule has 0 saturated heterocycles. The summed E-state index contributed by atoms with van der Waals surface area (Å²) in [6.07, 6.45) is 0.459. The van der Waals surface area contributed by atoms with Crippen LogP contribution in [0.4, 0.5) is 8.78 Å². The van der Waals surface area contributed by atoms with Gasteiger partial charge in [0.15, 0.2) is 11.6 Å². The Bertz CT molecular complexity index is 326. The highest BCUT2D eigenvalue weighted by molar-refractivity contribution is 5.36. The third-order valence-electron chi connectivity index (χ3n) is 1.88. The lowest BCUT2D eigenvalue weighted by atomic mass is 10.1. The van der Waals surface area contributed by atoms with Crippen LogP contribution in [0.2, 0.25) is 0 Å². The van der Waals surface area contributed by atoms with Crippen LogP contribution in [0.3, 0.4) is 0 Å². The van der Waals surface area contributed by atoms with Gasteiger partial charge in [-0.1, -0.05) is 6.07 Å². The van der Waals surface area contributed by atoms with Crippen LogP contribution in [0.5, 0.6) is 5.75 Å². The standard InChI is InChI=1S/C10H13F2NO/c1-6(13)5-7-3-4-8(11)9(12)10(7)14-2/h3-4,6H,5,13H2,1-2H3/t6-/m0/s1. The van der Waals surface area contributed by atoms with Crippen LogP contribution in [-0.2, 0) is 6.42 Å². The SMILES string of the molecule is COc1c(C[C@H](C)N)ccc(F)c1F. The Balaban J connectivity index is 3.10. The molecule has 2 N–H and O–H groups in total. The Labute approximate surface area is 81.7 Å². The van der Waals surface area contributed by atoms with Gasteiger partial charge in [-0.3, -0.25) is 0 Å². The number of rotatable bonds is 3. The largest absolute Gasteiger partial charge is 0.493 e. The number of methoxy groups -OCH3 is 1. The van der Waals surface area contributed by atoms with E-state index in [-0.39, 0.29) is 11.8 Å². The number of hydrogen-bond acceptors (Lipinski definition) is 2. The topological polar surface area (TPSA) is 35.2 Å². The van der Waals surface area contributed by atoms with Gasteiger partial charge in [-0.25, -0.2) is 4.39 Å². The number of hydrogen-bond donors (Lipinski definition) is 1. The molecule has 1 aromatic carbocycles. The van der Waals surface area contributed by atoms with Gasteiger partial charge in [0.05, 0.1) is 7.11 Å². The Morgan fingerprint density at radius 3 is 2.57 bits per heavy atom. The van der Waals surface area contributed by atoms with Crippen molar-refractivity contribution in [3.8, 4) is 5.75 Å². The molecule has 1 rings (SSSR count). The minimum atomic E-state index is -0.953. The fraction of sp³-hybridized carbons (Fsp3) is 0.400. The molecule has 0 amide bonds. The zero-order chi connectivity index (χ0) is 10.7. The number of nitrogens with two attached hydrogens (primary N) is 1. The molecule has 0 radical (unpaired) electrons. The van der Waals surface area contributed by atoms with Crippen molar-refractivity contribution >= 4 is 0 Å². The second-order valence-electron chi connectivity index (χ2n) is 3.24. The summed E-state index contributed by atoms with van der Waals surface area (Å²) in [6.45, 7) is 1.79. The first-order valence-electron chi connectivity index (χ1n) is 4.32. The summed E-state index contributed by atoms with van der Waals surface area (Å²) in [5.74, 6) is -1.91. The first-order chi connectivity index (χ1) is 6.56. The maximum atomic E-state index is 13.2. The Morgan fingerprint density at radius 2 is 2.07 bits per heavy atom. The van der Waals surface area contributed by atoms with Crippen LogP contribution >= 0.6 is 0 Å². The van der Waals surface area contributed by atoms with E-state index in [1.807, 2.05) is 0 Å². The Morgan fingerprint density at radius 1 is 1.43 bits per heavy atom. The lowest BCUT2D eigenvalue weighted by Gasteiger charge is -2.11. The van der Waals surface area contributed by atoms with Crippen molar-refractivity contribution in [3.63, 3.8) is 0 Å². The molecule has 0 aliphatic rings.